The fourth-order valence-corrected chi connectivity index (χ4v) is 4.71. The molecule has 2 saturated carbocycles. The highest BCUT2D eigenvalue weighted by Crippen LogP contribution is 2.46. The molecule has 2 unspecified atom stereocenters. The number of amides is 1. The summed E-state index contributed by atoms with van der Waals surface area (Å²) in [5.41, 5.74) is 3.95. The Labute approximate surface area is 239 Å². The van der Waals surface area contributed by atoms with Gasteiger partial charge in [0.2, 0.25) is 5.90 Å². The summed E-state index contributed by atoms with van der Waals surface area (Å²) in [5, 5.41) is 48.6. The van der Waals surface area contributed by atoms with Crippen LogP contribution >= 0.6 is 0 Å². The number of aromatic nitrogens is 1. The molecule has 1 aromatic heterocycles. The van der Waals surface area contributed by atoms with Crippen molar-refractivity contribution in [2.24, 2.45) is 5.92 Å². The monoisotopic (exact) mass is 566 g/mol. The van der Waals surface area contributed by atoms with Gasteiger partial charge in [0.1, 0.15) is 17.6 Å². The molecule has 1 heterocycles. The summed E-state index contributed by atoms with van der Waals surface area (Å²) in [7, 11) is 1.65. The number of carboxylic acid groups (broad SMARTS) is 1. The second-order valence-electron chi connectivity index (χ2n) is 10.0. The van der Waals surface area contributed by atoms with Gasteiger partial charge in [0.15, 0.2) is 0 Å². The molecule has 6 N–H and O–H groups in total. The van der Waals surface area contributed by atoms with Crippen molar-refractivity contribution in [1.82, 2.24) is 4.98 Å². The van der Waals surface area contributed by atoms with Crippen molar-refractivity contribution in [3.63, 3.8) is 0 Å². The number of hydrogen-bond acceptors (Lipinski definition) is 9. The molecule has 0 bridgehead atoms. The normalized spacial score (nSPS) is 17.9. The Hall–Kier alpha value is -3.98. The van der Waals surface area contributed by atoms with Crippen molar-refractivity contribution in [3.8, 4) is 11.8 Å². The summed E-state index contributed by atoms with van der Waals surface area (Å²) in [4.78, 5) is 30.6. The molecule has 1 amide bonds. The molecule has 2 aliphatic rings. The van der Waals surface area contributed by atoms with Crippen LogP contribution in [0.15, 0.2) is 24.3 Å². The van der Waals surface area contributed by atoms with Crippen LogP contribution in [0, 0.1) is 37.0 Å². The number of hydrogen-bond donors (Lipinski definition) is 6. The number of carboxylic acids is 1. The van der Waals surface area contributed by atoms with E-state index in [1.807, 2.05) is 39.8 Å². The highest BCUT2D eigenvalue weighted by Gasteiger charge is 2.34. The predicted octanol–water partition coefficient (Wildman–Crippen LogP) is 3.54. The van der Waals surface area contributed by atoms with E-state index >= 15 is 0 Å². The predicted molar refractivity (Wildman–Crippen MR) is 154 cm³/mol. The first kappa shape index (κ1) is 31.5. The van der Waals surface area contributed by atoms with Crippen LogP contribution < -0.4 is 10.2 Å². The van der Waals surface area contributed by atoms with E-state index in [0.29, 0.717) is 24.2 Å². The highest BCUT2D eigenvalue weighted by atomic mass is 16.7. The number of nitrogens with one attached hydrogen (secondary N) is 2. The minimum Gasteiger partial charge on any atom is -0.481 e. The van der Waals surface area contributed by atoms with Crippen LogP contribution in [0.5, 0.6) is 0 Å². The Bertz CT molecular complexity index is 1370. The van der Waals surface area contributed by atoms with Gasteiger partial charge in [-0.05, 0) is 86.8 Å². The Balaban J connectivity index is 0.00000226. The van der Waals surface area contributed by atoms with Gasteiger partial charge in [-0.2, -0.15) is 0 Å². The molecule has 11 nitrogen and oxygen atoms in total. The summed E-state index contributed by atoms with van der Waals surface area (Å²) in [6.45, 7) is 7.88. The molecule has 220 valence electrons. The maximum absolute atomic E-state index is 13.4. The zero-order valence-electron chi connectivity index (χ0n) is 24.0. The number of pyridine rings is 1. The third-order valence-electron chi connectivity index (χ3n) is 7.05. The molecule has 0 saturated heterocycles. The van der Waals surface area contributed by atoms with E-state index in [4.69, 9.17) is 10.1 Å². The van der Waals surface area contributed by atoms with Crippen molar-refractivity contribution < 1.29 is 34.8 Å². The van der Waals surface area contributed by atoms with Crippen molar-refractivity contribution in [3.05, 3.63) is 46.6 Å². The number of aliphatic carboxylic acids is 1. The third-order valence-corrected chi connectivity index (χ3v) is 7.05. The molecule has 2 aromatic rings. The molecule has 0 spiro atoms. The van der Waals surface area contributed by atoms with Crippen molar-refractivity contribution >= 4 is 35.0 Å². The number of ether oxygens (including phenoxy) is 1. The maximum atomic E-state index is 13.4. The molecule has 1 aromatic carbocycles. The number of anilines is 3. The van der Waals surface area contributed by atoms with Gasteiger partial charge in [-0.1, -0.05) is 19.9 Å². The van der Waals surface area contributed by atoms with Crippen LogP contribution in [0.25, 0.3) is 0 Å². The lowest BCUT2D eigenvalue weighted by Gasteiger charge is -2.25. The second kappa shape index (κ2) is 13.1. The Morgan fingerprint density at radius 3 is 2.32 bits per heavy atom. The minimum absolute atomic E-state index is 0.107. The van der Waals surface area contributed by atoms with Crippen LogP contribution in [-0.2, 0) is 14.3 Å². The first-order chi connectivity index (χ1) is 19.4. The summed E-state index contributed by atoms with van der Waals surface area (Å²) in [6.07, 6.45) is 2.68. The smallest absolute Gasteiger partial charge is 0.346 e. The summed E-state index contributed by atoms with van der Waals surface area (Å²) in [6, 6.07) is 7.04. The van der Waals surface area contributed by atoms with Gasteiger partial charge in [-0.25, -0.2) is 4.98 Å². The summed E-state index contributed by atoms with van der Waals surface area (Å²) < 4.78 is 5.81. The van der Waals surface area contributed by atoms with Crippen molar-refractivity contribution in [2.75, 3.05) is 17.3 Å². The van der Waals surface area contributed by atoms with Gasteiger partial charge >= 0.3 is 17.8 Å². The van der Waals surface area contributed by atoms with Crippen LogP contribution in [0.3, 0.4) is 0 Å². The van der Waals surface area contributed by atoms with Crippen LogP contribution in [0.2, 0.25) is 0 Å². The second-order valence-corrected chi connectivity index (χ2v) is 10.0. The molecule has 2 fully saturated rings. The van der Waals surface area contributed by atoms with Crippen molar-refractivity contribution in [1.29, 1.82) is 5.41 Å². The van der Waals surface area contributed by atoms with Crippen LogP contribution in [-0.4, -0.2) is 62.3 Å². The molecule has 2 aliphatic carbocycles. The lowest BCUT2D eigenvalue weighted by Crippen LogP contribution is -2.30. The largest absolute Gasteiger partial charge is 0.481 e. The molecular weight excluding hydrogens is 528 g/mol. The fourth-order valence-electron chi connectivity index (χ4n) is 4.71. The number of benzene rings is 1. The van der Waals surface area contributed by atoms with Crippen molar-refractivity contribution in [2.45, 2.75) is 77.8 Å². The summed E-state index contributed by atoms with van der Waals surface area (Å²) >= 11 is 0. The molecule has 41 heavy (non-hydrogen) atoms. The Kier molecular flexibility index (Phi) is 10.1. The topological polar surface area (TPSA) is 176 Å². The Morgan fingerprint density at radius 2 is 1.76 bits per heavy atom. The molecule has 0 aliphatic heterocycles. The van der Waals surface area contributed by atoms with E-state index in [0.717, 1.165) is 29.5 Å². The van der Waals surface area contributed by atoms with Crippen LogP contribution in [0.4, 0.5) is 17.2 Å². The van der Waals surface area contributed by atoms with Gasteiger partial charge in [0.05, 0.1) is 17.3 Å². The molecule has 4 rings (SSSR count). The van der Waals surface area contributed by atoms with E-state index in [9.17, 15) is 30.0 Å². The van der Waals surface area contributed by atoms with E-state index in [2.05, 4.69) is 16.2 Å². The van der Waals surface area contributed by atoms with E-state index < -0.39 is 29.9 Å². The molecule has 0 radical (unpaired) electrons. The fraction of sp³-hybridized carbons (Fsp3) is 0.467. The number of aryl methyl sites for hydroxylation is 2. The van der Waals surface area contributed by atoms with Gasteiger partial charge in [-0.15, -0.1) is 0 Å². The number of rotatable bonds is 7. The number of aliphatic hydroxyl groups is 3. The first-order valence-electron chi connectivity index (χ1n) is 13.7. The molecule has 11 heteroatoms. The lowest BCUT2D eigenvalue weighted by molar-refractivity contribution is -0.265. The maximum Gasteiger partial charge on any atom is 0.346 e. The number of carbonyl (C=O) groups is 2. The average molecular weight is 567 g/mol. The minimum atomic E-state index is -3.36. The standard InChI is InChI=1S/C28H32N4O7.C2H6/c1-15-12-20(17-4-5-17)22(13-16(15)2)32(24(33)10-11-28(36,37)38)23-9-8-21(30-3)25(31-23)26(29)39-19-7-6-18(14-19)27(34)35;1-2/h8-9,12-13,17-19,29-30,36-38H,4-7,14H2,1-3H3,(H,34,35);1-2H3. The van der Waals surface area contributed by atoms with E-state index in [-0.39, 0.29) is 29.7 Å². The first-order valence-corrected chi connectivity index (χ1v) is 13.7. The van der Waals surface area contributed by atoms with Gasteiger partial charge in [0.25, 0.3) is 0 Å². The van der Waals surface area contributed by atoms with Crippen LogP contribution in [0.1, 0.15) is 74.3 Å². The molecular formula is C30H38N4O7. The van der Waals surface area contributed by atoms with E-state index in [1.54, 1.807) is 25.1 Å². The zero-order valence-corrected chi connectivity index (χ0v) is 24.0. The SMILES string of the molecule is CC.CNc1ccc(N(C(=O)C#CC(O)(O)O)c2cc(C)c(C)cc2C2CC2)nc1C(=N)OC1CCC(C(=O)O)C1. The quantitative estimate of drug-likeness (QED) is 0.127. The molecule has 2 atom stereocenters. The number of carbonyl (C=O) groups excluding carboxylic acids is 1. The zero-order chi connectivity index (χ0) is 30.5. The van der Waals surface area contributed by atoms with Gasteiger partial charge < -0.3 is 30.5 Å². The van der Waals surface area contributed by atoms with E-state index in [1.165, 1.54) is 4.90 Å². The summed E-state index contributed by atoms with van der Waals surface area (Å²) in [5.74, 6) is -1.78. The number of nitrogens with zero attached hydrogens (tertiary/aromatic N) is 2. The van der Waals surface area contributed by atoms with Gasteiger partial charge in [-0.3, -0.25) is 19.9 Å². The lowest BCUT2D eigenvalue weighted by atomic mass is 9.99. The average Bonchev–Trinajstić information content (AvgIpc) is 3.67. The van der Waals surface area contributed by atoms with Gasteiger partial charge in [0, 0.05) is 18.9 Å². The Morgan fingerprint density at radius 1 is 1.10 bits per heavy atom. The highest BCUT2D eigenvalue weighted by molar-refractivity contribution is 6.11. The third kappa shape index (κ3) is 7.82.